The monoisotopic (exact) mass is 314 g/mol. The van der Waals surface area contributed by atoms with Gasteiger partial charge in [-0.05, 0) is 48.4 Å². The number of rotatable bonds is 4. The van der Waals surface area contributed by atoms with Crippen LogP contribution in [-0.2, 0) is 9.53 Å². The molecule has 1 aliphatic carbocycles. The van der Waals surface area contributed by atoms with Crippen molar-refractivity contribution in [3.8, 4) is 0 Å². The summed E-state index contributed by atoms with van der Waals surface area (Å²) < 4.78 is 19.3. The van der Waals surface area contributed by atoms with E-state index in [4.69, 9.17) is 4.74 Å². The number of carbonyl (C=O) groups excluding carboxylic acids is 1. The summed E-state index contributed by atoms with van der Waals surface area (Å²) >= 11 is 3.35. The molecule has 1 saturated carbocycles. The van der Waals surface area contributed by atoms with Gasteiger partial charge in [0.05, 0.1) is 13.0 Å². The second kappa shape index (κ2) is 5.39. The van der Waals surface area contributed by atoms with E-state index in [1.54, 1.807) is 6.07 Å². The molecule has 1 aliphatic rings. The zero-order chi connectivity index (χ0) is 13.3. The predicted octanol–water partition coefficient (Wildman–Crippen LogP) is 3.89. The third kappa shape index (κ3) is 2.91. The maximum atomic E-state index is 13.7. The standard InChI is InChI=1S/C14H16BrFO2/c1-8(5-9-6-12(9)14(17)18-2)11-7-10(15)3-4-13(11)16/h3-4,7-9,12H,5-6H2,1-2H3. The molecule has 0 spiro atoms. The highest BCUT2D eigenvalue weighted by Crippen LogP contribution is 2.46. The maximum absolute atomic E-state index is 13.7. The summed E-state index contributed by atoms with van der Waals surface area (Å²) in [6.45, 7) is 2.00. The van der Waals surface area contributed by atoms with Gasteiger partial charge in [0.25, 0.3) is 0 Å². The van der Waals surface area contributed by atoms with Gasteiger partial charge in [-0.2, -0.15) is 0 Å². The molecular formula is C14H16BrFO2. The van der Waals surface area contributed by atoms with Gasteiger partial charge in [0.15, 0.2) is 0 Å². The van der Waals surface area contributed by atoms with Crippen LogP contribution in [0.4, 0.5) is 4.39 Å². The van der Waals surface area contributed by atoms with Gasteiger partial charge in [-0.25, -0.2) is 4.39 Å². The first-order valence-electron chi connectivity index (χ1n) is 6.05. The van der Waals surface area contributed by atoms with Crippen molar-refractivity contribution in [2.24, 2.45) is 11.8 Å². The Morgan fingerprint density at radius 2 is 2.33 bits per heavy atom. The normalized spacial score (nSPS) is 23.6. The number of ether oxygens (including phenoxy) is 1. The summed E-state index contributed by atoms with van der Waals surface area (Å²) in [5, 5.41) is 0. The number of carbonyl (C=O) groups is 1. The number of esters is 1. The molecule has 0 saturated heterocycles. The number of hydrogen-bond acceptors (Lipinski definition) is 2. The molecule has 1 aromatic rings. The number of halogens is 2. The number of hydrogen-bond donors (Lipinski definition) is 0. The molecule has 2 rings (SSSR count). The Balaban J connectivity index is 1.99. The van der Waals surface area contributed by atoms with Crippen LogP contribution in [0.1, 0.15) is 31.2 Å². The lowest BCUT2D eigenvalue weighted by molar-refractivity contribution is -0.142. The molecule has 1 aromatic carbocycles. The van der Waals surface area contributed by atoms with Crippen molar-refractivity contribution in [3.63, 3.8) is 0 Å². The fourth-order valence-electron chi connectivity index (χ4n) is 2.42. The lowest BCUT2D eigenvalue weighted by atomic mass is 9.94. The largest absolute Gasteiger partial charge is 0.469 e. The Labute approximate surface area is 115 Å². The van der Waals surface area contributed by atoms with Gasteiger partial charge in [-0.15, -0.1) is 0 Å². The smallest absolute Gasteiger partial charge is 0.308 e. The number of methoxy groups -OCH3 is 1. The zero-order valence-electron chi connectivity index (χ0n) is 10.5. The average molecular weight is 315 g/mol. The van der Waals surface area contributed by atoms with Gasteiger partial charge >= 0.3 is 5.97 Å². The van der Waals surface area contributed by atoms with E-state index in [-0.39, 0.29) is 23.6 Å². The van der Waals surface area contributed by atoms with E-state index in [0.29, 0.717) is 11.5 Å². The first-order valence-corrected chi connectivity index (χ1v) is 6.85. The van der Waals surface area contributed by atoms with Crippen LogP contribution in [0.15, 0.2) is 22.7 Å². The van der Waals surface area contributed by atoms with E-state index in [9.17, 15) is 9.18 Å². The lowest BCUT2D eigenvalue weighted by Crippen LogP contribution is -2.06. The maximum Gasteiger partial charge on any atom is 0.308 e. The van der Waals surface area contributed by atoms with Crippen LogP contribution in [0.5, 0.6) is 0 Å². The Hall–Kier alpha value is -0.900. The first-order chi connectivity index (χ1) is 8.52. The molecule has 0 amide bonds. The van der Waals surface area contributed by atoms with Crippen LogP contribution in [0.3, 0.4) is 0 Å². The molecular weight excluding hydrogens is 299 g/mol. The molecule has 0 bridgehead atoms. The minimum atomic E-state index is -0.180. The zero-order valence-corrected chi connectivity index (χ0v) is 12.0. The van der Waals surface area contributed by atoms with Gasteiger partial charge in [0.2, 0.25) is 0 Å². The average Bonchev–Trinajstić information content (AvgIpc) is 3.10. The first kappa shape index (κ1) is 13.5. The predicted molar refractivity (Wildman–Crippen MR) is 70.7 cm³/mol. The summed E-state index contributed by atoms with van der Waals surface area (Å²) in [6, 6.07) is 4.98. The van der Waals surface area contributed by atoms with Gasteiger partial charge < -0.3 is 4.74 Å². The van der Waals surface area contributed by atoms with Crippen LogP contribution >= 0.6 is 15.9 Å². The Morgan fingerprint density at radius 3 is 3.00 bits per heavy atom. The summed E-state index contributed by atoms with van der Waals surface area (Å²) in [6.07, 6.45) is 1.69. The van der Waals surface area contributed by atoms with Crippen molar-refractivity contribution in [3.05, 3.63) is 34.1 Å². The molecule has 4 heteroatoms. The summed E-state index contributed by atoms with van der Waals surface area (Å²) in [5.74, 6) is 0.156. The molecule has 18 heavy (non-hydrogen) atoms. The molecule has 0 aromatic heterocycles. The molecule has 0 radical (unpaired) electrons. The van der Waals surface area contributed by atoms with Crippen molar-refractivity contribution in [1.82, 2.24) is 0 Å². The van der Waals surface area contributed by atoms with Crippen LogP contribution < -0.4 is 0 Å². The molecule has 3 unspecified atom stereocenters. The van der Waals surface area contributed by atoms with Crippen molar-refractivity contribution in [2.75, 3.05) is 7.11 Å². The summed E-state index contributed by atoms with van der Waals surface area (Å²) in [5.41, 5.74) is 0.708. The molecule has 0 aliphatic heterocycles. The second-order valence-corrected chi connectivity index (χ2v) is 5.84. The van der Waals surface area contributed by atoms with Gasteiger partial charge in [-0.3, -0.25) is 4.79 Å². The Morgan fingerprint density at radius 1 is 1.61 bits per heavy atom. The third-order valence-electron chi connectivity index (χ3n) is 3.57. The Kier molecular flexibility index (Phi) is 4.05. The molecule has 1 fully saturated rings. The summed E-state index contributed by atoms with van der Waals surface area (Å²) in [4.78, 5) is 11.3. The van der Waals surface area contributed by atoms with E-state index >= 15 is 0 Å². The topological polar surface area (TPSA) is 26.3 Å². The van der Waals surface area contributed by atoms with Gasteiger partial charge in [0.1, 0.15) is 5.82 Å². The quantitative estimate of drug-likeness (QED) is 0.788. The SMILES string of the molecule is COC(=O)C1CC1CC(C)c1cc(Br)ccc1F. The number of benzene rings is 1. The van der Waals surface area contributed by atoms with Gasteiger partial charge in [-0.1, -0.05) is 22.9 Å². The highest BCUT2D eigenvalue weighted by molar-refractivity contribution is 9.10. The molecule has 2 nitrogen and oxygen atoms in total. The van der Waals surface area contributed by atoms with E-state index in [2.05, 4.69) is 15.9 Å². The molecule has 0 heterocycles. The highest BCUT2D eigenvalue weighted by atomic mass is 79.9. The second-order valence-electron chi connectivity index (χ2n) is 4.93. The molecule has 98 valence electrons. The van der Waals surface area contributed by atoms with E-state index < -0.39 is 0 Å². The summed E-state index contributed by atoms with van der Waals surface area (Å²) in [7, 11) is 1.41. The van der Waals surface area contributed by atoms with Crippen LogP contribution in [-0.4, -0.2) is 13.1 Å². The van der Waals surface area contributed by atoms with Crippen LogP contribution in [0.2, 0.25) is 0 Å². The van der Waals surface area contributed by atoms with Crippen molar-refractivity contribution < 1.29 is 13.9 Å². The van der Waals surface area contributed by atoms with Crippen molar-refractivity contribution in [2.45, 2.75) is 25.7 Å². The van der Waals surface area contributed by atoms with Crippen LogP contribution in [0, 0.1) is 17.7 Å². The Bertz CT molecular complexity index is 461. The molecule has 0 N–H and O–H groups in total. The minimum Gasteiger partial charge on any atom is -0.469 e. The minimum absolute atomic E-state index is 0.0210. The van der Waals surface area contributed by atoms with E-state index in [1.165, 1.54) is 13.2 Å². The fraction of sp³-hybridized carbons (Fsp3) is 0.500. The molecule has 3 atom stereocenters. The highest BCUT2D eigenvalue weighted by Gasteiger charge is 2.44. The fourth-order valence-corrected chi connectivity index (χ4v) is 2.80. The van der Waals surface area contributed by atoms with Crippen molar-refractivity contribution in [1.29, 1.82) is 0 Å². The third-order valence-corrected chi connectivity index (χ3v) is 4.07. The van der Waals surface area contributed by atoms with Crippen LogP contribution in [0.25, 0.3) is 0 Å². The van der Waals surface area contributed by atoms with E-state index in [0.717, 1.165) is 17.3 Å². The van der Waals surface area contributed by atoms with E-state index in [1.807, 2.05) is 13.0 Å². The lowest BCUT2D eigenvalue weighted by Gasteiger charge is -2.13. The van der Waals surface area contributed by atoms with Crippen molar-refractivity contribution >= 4 is 21.9 Å². The van der Waals surface area contributed by atoms with Gasteiger partial charge in [0, 0.05) is 4.47 Å².